The minimum atomic E-state index is -1.91. The van der Waals surface area contributed by atoms with Crippen LogP contribution >= 0.6 is 0 Å². The van der Waals surface area contributed by atoms with Gasteiger partial charge in [0.2, 0.25) is 6.71 Å². The minimum Gasteiger partial charge on any atom is -0.340 e. The summed E-state index contributed by atoms with van der Waals surface area (Å²) in [6, 6.07) is 45.2. The Morgan fingerprint density at radius 1 is 0.750 bits per heavy atom. The van der Waals surface area contributed by atoms with Crippen LogP contribution in [-0.4, -0.2) is 24.3 Å². The highest BCUT2D eigenvalue weighted by atomic mass is 28.3. The minimum absolute atomic E-state index is 0.613. The molecule has 5 aromatic rings. The molecule has 0 spiro atoms. The van der Waals surface area contributed by atoms with Crippen molar-refractivity contribution in [1.29, 1.82) is 0 Å². The first-order valence-electron chi connectivity index (χ1n) is 14.6. The fraction of sp³-hybridized carbons (Fsp3) is 0.194. The maximum absolute atomic E-state index is 4.26. The lowest BCUT2D eigenvalue weighted by Crippen LogP contribution is -2.61. The normalized spacial score (nSPS) is 12.7. The Bertz CT molecular complexity index is 1320. The molecule has 0 bridgehead atoms. The molecule has 0 saturated heterocycles. The number of unbranched alkanes of at least 4 members (excludes halogenated alkanes) is 1. The Labute approximate surface area is 241 Å². The van der Waals surface area contributed by atoms with Gasteiger partial charge >= 0.3 is 0 Å². The first-order valence-corrected chi connectivity index (χ1v) is 17.0. The van der Waals surface area contributed by atoms with Crippen molar-refractivity contribution in [2.24, 2.45) is 0 Å². The number of aromatic nitrogens is 2. The SMILES string of the molecule is C=CCCC[Si](Cn1ccnc1)(c1ccccc1)c1ccccc1.c1ccc(B(c2ccccc2)C2CC2)cc1. The molecule has 0 unspecified atom stereocenters. The zero-order valence-electron chi connectivity index (χ0n) is 23.4. The average molecular weight is 539 g/mol. The van der Waals surface area contributed by atoms with Crippen molar-refractivity contribution in [3.8, 4) is 0 Å². The molecular formula is C36H39BN2Si. The molecule has 4 aromatic carbocycles. The molecule has 0 atom stereocenters. The summed E-state index contributed by atoms with van der Waals surface area (Å²) in [6.07, 6.45) is 14.0. The van der Waals surface area contributed by atoms with Gasteiger partial charge in [-0.3, -0.25) is 0 Å². The van der Waals surface area contributed by atoms with E-state index in [0.717, 1.165) is 18.4 Å². The molecule has 0 aliphatic heterocycles. The van der Waals surface area contributed by atoms with Gasteiger partial charge in [-0.1, -0.05) is 174 Å². The Hall–Kier alpha value is -3.89. The summed E-state index contributed by atoms with van der Waals surface area (Å²) in [6.45, 7) is 4.52. The second-order valence-electron chi connectivity index (χ2n) is 10.9. The molecule has 4 heteroatoms. The zero-order chi connectivity index (χ0) is 27.5. The molecule has 1 aromatic heterocycles. The van der Waals surface area contributed by atoms with E-state index in [9.17, 15) is 0 Å². The molecule has 0 N–H and O–H groups in total. The second kappa shape index (κ2) is 14.0. The van der Waals surface area contributed by atoms with Gasteiger partial charge in [-0.2, -0.15) is 0 Å². The topological polar surface area (TPSA) is 17.8 Å². The molecule has 6 rings (SSSR count). The van der Waals surface area contributed by atoms with Crippen molar-refractivity contribution in [3.63, 3.8) is 0 Å². The monoisotopic (exact) mass is 538 g/mol. The van der Waals surface area contributed by atoms with Crippen molar-refractivity contribution >= 4 is 36.1 Å². The number of benzene rings is 4. The van der Waals surface area contributed by atoms with Gasteiger partial charge in [-0.05, 0) is 12.5 Å². The first kappa shape index (κ1) is 27.7. The van der Waals surface area contributed by atoms with Crippen LogP contribution in [0.4, 0.5) is 0 Å². The maximum Gasteiger partial charge on any atom is 0.212 e. The Kier molecular flexibility index (Phi) is 9.65. The fourth-order valence-electron chi connectivity index (χ4n) is 5.96. The second-order valence-corrected chi connectivity index (χ2v) is 15.0. The highest BCUT2D eigenvalue weighted by molar-refractivity contribution is 7.01. The summed E-state index contributed by atoms with van der Waals surface area (Å²) >= 11 is 0. The predicted molar refractivity (Wildman–Crippen MR) is 175 cm³/mol. The molecule has 0 amide bonds. The first-order chi connectivity index (χ1) is 19.8. The van der Waals surface area contributed by atoms with Crippen molar-refractivity contribution < 1.29 is 0 Å². The van der Waals surface area contributed by atoms with Crippen LogP contribution in [0.15, 0.2) is 153 Å². The summed E-state index contributed by atoms with van der Waals surface area (Å²) in [7, 11) is -1.91. The average Bonchev–Trinajstić information content (AvgIpc) is 3.72. The van der Waals surface area contributed by atoms with E-state index in [1.807, 2.05) is 18.6 Å². The van der Waals surface area contributed by atoms with Crippen LogP contribution in [0.2, 0.25) is 11.9 Å². The molecule has 1 heterocycles. The molecule has 1 fully saturated rings. The van der Waals surface area contributed by atoms with Gasteiger partial charge in [-0.25, -0.2) is 4.98 Å². The smallest absolute Gasteiger partial charge is 0.212 e. The van der Waals surface area contributed by atoms with Crippen LogP contribution in [0, 0.1) is 0 Å². The Morgan fingerprint density at radius 2 is 1.25 bits per heavy atom. The van der Waals surface area contributed by atoms with E-state index >= 15 is 0 Å². The molecule has 1 saturated carbocycles. The number of hydrogen-bond acceptors (Lipinski definition) is 1. The van der Waals surface area contributed by atoms with E-state index in [2.05, 4.69) is 144 Å². The Morgan fingerprint density at radius 3 is 1.68 bits per heavy atom. The standard InChI is InChI=1S/C21H24N2Si.C15H15B/c1-2-3-10-17-24(19-23-16-15-22-18-23,20-11-6-4-7-12-20)21-13-8-5-9-14-21;1-3-7-13(8-4-1)16(15-11-12-15)14-9-5-2-6-10-14/h2,4-9,11-16,18H,1,3,10,17,19H2;1-10,15H,11-12H2. The Balaban J connectivity index is 0.000000174. The molecule has 1 aliphatic carbocycles. The number of allylic oxidation sites excluding steroid dienone is 1. The third kappa shape index (κ3) is 7.00. The third-order valence-electron chi connectivity index (χ3n) is 8.09. The van der Waals surface area contributed by atoms with Gasteiger partial charge in [0.25, 0.3) is 0 Å². The van der Waals surface area contributed by atoms with Crippen molar-refractivity contribution in [2.75, 3.05) is 0 Å². The van der Waals surface area contributed by atoms with Crippen LogP contribution in [0.25, 0.3) is 0 Å². The van der Waals surface area contributed by atoms with Crippen molar-refractivity contribution in [3.05, 3.63) is 153 Å². The summed E-state index contributed by atoms with van der Waals surface area (Å²) in [5.74, 6) is 0.866. The van der Waals surface area contributed by atoms with Crippen LogP contribution in [0.3, 0.4) is 0 Å². The summed E-state index contributed by atoms with van der Waals surface area (Å²) in [5, 5.41) is 2.99. The van der Waals surface area contributed by atoms with E-state index < -0.39 is 8.07 Å². The summed E-state index contributed by atoms with van der Waals surface area (Å²) in [5.41, 5.74) is 2.94. The number of nitrogens with zero attached hydrogens (tertiary/aromatic N) is 2. The predicted octanol–water partition coefficient (Wildman–Crippen LogP) is 6.11. The highest BCUT2D eigenvalue weighted by Gasteiger charge is 2.37. The number of imidazole rings is 1. The summed E-state index contributed by atoms with van der Waals surface area (Å²) in [4.78, 5) is 4.26. The summed E-state index contributed by atoms with van der Waals surface area (Å²) < 4.78 is 2.25. The lowest BCUT2D eigenvalue weighted by molar-refractivity contribution is 0.834. The van der Waals surface area contributed by atoms with E-state index in [1.54, 1.807) is 0 Å². The van der Waals surface area contributed by atoms with Gasteiger partial charge in [0, 0.05) is 18.6 Å². The van der Waals surface area contributed by atoms with Gasteiger partial charge in [0.1, 0.15) is 8.07 Å². The van der Waals surface area contributed by atoms with E-state index in [1.165, 1.54) is 46.6 Å². The van der Waals surface area contributed by atoms with Gasteiger partial charge in [0.15, 0.2) is 0 Å². The van der Waals surface area contributed by atoms with Crippen molar-refractivity contribution in [1.82, 2.24) is 9.55 Å². The van der Waals surface area contributed by atoms with E-state index in [4.69, 9.17) is 0 Å². The lowest BCUT2D eigenvalue weighted by Gasteiger charge is -2.33. The van der Waals surface area contributed by atoms with Gasteiger partial charge in [0.05, 0.1) is 6.33 Å². The largest absolute Gasteiger partial charge is 0.340 e. The highest BCUT2D eigenvalue weighted by Crippen LogP contribution is 2.38. The van der Waals surface area contributed by atoms with Gasteiger partial charge < -0.3 is 4.57 Å². The molecule has 200 valence electrons. The number of rotatable bonds is 11. The van der Waals surface area contributed by atoms with Crippen LogP contribution < -0.4 is 21.3 Å². The maximum atomic E-state index is 4.26. The molecule has 0 radical (unpaired) electrons. The molecule has 1 aliphatic rings. The van der Waals surface area contributed by atoms with Crippen LogP contribution in [0.5, 0.6) is 0 Å². The number of hydrogen-bond donors (Lipinski definition) is 0. The molecule has 2 nitrogen and oxygen atoms in total. The lowest BCUT2D eigenvalue weighted by atomic mass is 9.37. The van der Waals surface area contributed by atoms with Crippen LogP contribution in [0.1, 0.15) is 25.7 Å². The van der Waals surface area contributed by atoms with E-state index in [0.29, 0.717) is 6.71 Å². The molecular weight excluding hydrogens is 499 g/mol. The van der Waals surface area contributed by atoms with Crippen molar-refractivity contribution in [2.45, 2.75) is 43.7 Å². The quantitative estimate of drug-likeness (QED) is 0.113. The van der Waals surface area contributed by atoms with Crippen LogP contribution in [-0.2, 0) is 6.17 Å². The zero-order valence-corrected chi connectivity index (χ0v) is 24.4. The molecule has 40 heavy (non-hydrogen) atoms. The van der Waals surface area contributed by atoms with E-state index in [-0.39, 0.29) is 0 Å². The fourth-order valence-corrected chi connectivity index (χ4v) is 10.7. The van der Waals surface area contributed by atoms with Gasteiger partial charge in [-0.15, -0.1) is 6.58 Å². The third-order valence-corrected chi connectivity index (χ3v) is 13.1.